The summed E-state index contributed by atoms with van der Waals surface area (Å²) in [6, 6.07) is 7.65. The van der Waals surface area contributed by atoms with E-state index in [0.717, 1.165) is 29.4 Å². The molecule has 1 N–H and O–H groups in total. The van der Waals surface area contributed by atoms with Crippen LogP contribution in [-0.4, -0.2) is 17.8 Å². The molecule has 88 valence electrons. The molecule has 1 rings (SSSR count). The van der Waals surface area contributed by atoms with Gasteiger partial charge >= 0.3 is 0 Å². The van der Waals surface area contributed by atoms with Gasteiger partial charge in [-0.15, -0.1) is 0 Å². The number of aryl methyl sites for hydroxylation is 1. The summed E-state index contributed by atoms with van der Waals surface area (Å²) in [7, 11) is 0. The minimum absolute atomic E-state index is 0.0186. The largest absolute Gasteiger partial charge is 0.352 e. The van der Waals surface area contributed by atoms with Crippen molar-refractivity contribution < 1.29 is 4.79 Å². The highest BCUT2D eigenvalue weighted by Crippen LogP contribution is 2.05. The van der Waals surface area contributed by atoms with Gasteiger partial charge in [0.25, 0.3) is 5.91 Å². The summed E-state index contributed by atoms with van der Waals surface area (Å²) < 4.78 is 0. The smallest absolute Gasteiger partial charge is 0.251 e. The average molecular weight is 284 g/mol. The van der Waals surface area contributed by atoms with Crippen molar-refractivity contribution in [3.05, 3.63) is 35.4 Å². The minimum atomic E-state index is 0.0186. The van der Waals surface area contributed by atoms with E-state index in [2.05, 4.69) is 28.2 Å². The van der Waals surface area contributed by atoms with Gasteiger partial charge in [-0.3, -0.25) is 4.79 Å². The van der Waals surface area contributed by atoms with E-state index in [9.17, 15) is 4.79 Å². The van der Waals surface area contributed by atoms with Crippen molar-refractivity contribution in [2.75, 3.05) is 11.9 Å². The molecule has 1 amide bonds. The summed E-state index contributed by atoms with van der Waals surface area (Å²) in [5.74, 6) is 0.526. The molecule has 2 nitrogen and oxygen atoms in total. The third-order valence-corrected chi connectivity index (χ3v) is 2.95. The molecule has 0 saturated carbocycles. The first-order chi connectivity index (χ1) is 7.63. The van der Waals surface area contributed by atoms with E-state index in [1.807, 2.05) is 31.2 Å². The molecule has 0 heterocycles. The summed E-state index contributed by atoms with van der Waals surface area (Å²) in [5.41, 5.74) is 1.85. The second kappa shape index (κ2) is 6.69. The maximum Gasteiger partial charge on any atom is 0.251 e. The van der Waals surface area contributed by atoms with Crippen LogP contribution in [0.1, 0.15) is 29.3 Å². The quantitative estimate of drug-likeness (QED) is 0.827. The standard InChI is InChI=1S/C13H18BrNO/c1-10-4-3-5-12(8-10)13(16)15-9-11(2)6-7-14/h3-5,8,11H,6-7,9H2,1-2H3,(H,15,16). The molecule has 1 unspecified atom stereocenters. The molecule has 0 saturated heterocycles. The van der Waals surface area contributed by atoms with E-state index >= 15 is 0 Å². The van der Waals surface area contributed by atoms with E-state index in [1.165, 1.54) is 0 Å². The second-order valence-corrected chi connectivity index (χ2v) is 4.96. The Morgan fingerprint density at radius 2 is 2.25 bits per heavy atom. The Bertz CT molecular complexity index is 352. The summed E-state index contributed by atoms with van der Waals surface area (Å²) in [6.07, 6.45) is 1.08. The van der Waals surface area contributed by atoms with Crippen LogP contribution in [0.15, 0.2) is 24.3 Å². The van der Waals surface area contributed by atoms with Crippen molar-refractivity contribution in [3.63, 3.8) is 0 Å². The number of alkyl halides is 1. The predicted molar refractivity (Wildman–Crippen MR) is 71.1 cm³/mol. The third kappa shape index (κ3) is 4.35. The molecule has 0 aliphatic rings. The number of rotatable bonds is 5. The summed E-state index contributed by atoms with van der Waals surface area (Å²) in [6.45, 7) is 4.86. The average Bonchev–Trinajstić information content (AvgIpc) is 2.26. The molecule has 0 bridgehead atoms. The summed E-state index contributed by atoms with van der Waals surface area (Å²) in [5, 5.41) is 3.93. The molecule has 3 heteroatoms. The highest BCUT2D eigenvalue weighted by molar-refractivity contribution is 9.09. The normalized spacial score (nSPS) is 12.2. The maximum absolute atomic E-state index is 11.8. The van der Waals surface area contributed by atoms with Gasteiger partial charge in [0.2, 0.25) is 0 Å². The van der Waals surface area contributed by atoms with E-state index in [1.54, 1.807) is 0 Å². The van der Waals surface area contributed by atoms with Crippen LogP contribution in [0.25, 0.3) is 0 Å². The number of nitrogens with one attached hydrogen (secondary N) is 1. The zero-order chi connectivity index (χ0) is 12.0. The van der Waals surface area contributed by atoms with E-state index < -0.39 is 0 Å². The zero-order valence-corrected chi connectivity index (χ0v) is 11.4. The first-order valence-corrected chi connectivity index (χ1v) is 6.66. The molecule has 0 aliphatic carbocycles. The lowest BCUT2D eigenvalue weighted by Crippen LogP contribution is -2.28. The van der Waals surface area contributed by atoms with Crippen LogP contribution in [0.4, 0.5) is 0 Å². The Kier molecular flexibility index (Phi) is 5.53. The number of hydrogen-bond donors (Lipinski definition) is 1. The summed E-state index contributed by atoms with van der Waals surface area (Å²) in [4.78, 5) is 11.8. The van der Waals surface area contributed by atoms with Crippen molar-refractivity contribution in [2.45, 2.75) is 20.3 Å². The highest BCUT2D eigenvalue weighted by Gasteiger charge is 2.07. The molecular formula is C13H18BrNO. The number of halogens is 1. The van der Waals surface area contributed by atoms with E-state index in [-0.39, 0.29) is 5.91 Å². The topological polar surface area (TPSA) is 29.1 Å². The van der Waals surface area contributed by atoms with Gasteiger partial charge in [-0.25, -0.2) is 0 Å². The van der Waals surface area contributed by atoms with Gasteiger partial charge in [0.15, 0.2) is 0 Å². The number of carbonyl (C=O) groups excluding carboxylic acids is 1. The van der Waals surface area contributed by atoms with Gasteiger partial charge in [0.05, 0.1) is 0 Å². The highest BCUT2D eigenvalue weighted by atomic mass is 79.9. The first-order valence-electron chi connectivity index (χ1n) is 5.54. The van der Waals surface area contributed by atoms with Crippen molar-refractivity contribution >= 4 is 21.8 Å². The minimum Gasteiger partial charge on any atom is -0.352 e. The van der Waals surface area contributed by atoms with Crippen LogP contribution in [0.3, 0.4) is 0 Å². The van der Waals surface area contributed by atoms with Crippen LogP contribution in [-0.2, 0) is 0 Å². The molecule has 0 aromatic heterocycles. The monoisotopic (exact) mass is 283 g/mol. The Morgan fingerprint density at radius 3 is 2.88 bits per heavy atom. The van der Waals surface area contributed by atoms with E-state index in [0.29, 0.717) is 5.92 Å². The molecule has 0 fully saturated rings. The van der Waals surface area contributed by atoms with Crippen molar-refractivity contribution in [1.29, 1.82) is 0 Å². The van der Waals surface area contributed by atoms with Crippen LogP contribution in [0, 0.1) is 12.8 Å². The van der Waals surface area contributed by atoms with Crippen LogP contribution in [0.5, 0.6) is 0 Å². The van der Waals surface area contributed by atoms with Gasteiger partial charge in [0.1, 0.15) is 0 Å². The van der Waals surface area contributed by atoms with Crippen LogP contribution in [0.2, 0.25) is 0 Å². The van der Waals surface area contributed by atoms with Crippen molar-refractivity contribution in [1.82, 2.24) is 5.32 Å². The number of benzene rings is 1. The lowest BCUT2D eigenvalue weighted by Gasteiger charge is -2.11. The van der Waals surface area contributed by atoms with Gasteiger partial charge in [-0.05, 0) is 31.4 Å². The number of carbonyl (C=O) groups is 1. The van der Waals surface area contributed by atoms with E-state index in [4.69, 9.17) is 0 Å². The molecule has 16 heavy (non-hydrogen) atoms. The Labute approximate surface area is 106 Å². The molecule has 0 aliphatic heterocycles. The maximum atomic E-state index is 11.8. The van der Waals surface area contributed by atoms with Gasteiger partial charge in [0, 0.05) is 17.4 Å². The Balaban J connectivity index is 2.47. The van der Waals surface area contributed by atoms with Crippen molar-refractivity contribution in [2.24, 2.45) is 5.92 Å². The zero-order valence-electron chi connectivity index (χ0n) is 9.79. The third-order valence-electron chi connectivity index (χ3n) is 2.49. The number of hydrogen-bond acceptors (Lipinski definition) is 1. The lowest BCUT2D eigenvalue weighted by atomic mass is 10.1. The summed E-state index contributed by atoms with van der Waals surface area (Å²) >= 11 is 3.40. The van der Waals surface area contributed by atoms with Gasteiger partial charge < -0.3 is 5.32 Å². The van der Waals surface area contributed by atoms with Gasteiger partial charge in [-0.2, -0.15) is 0 Å². The molecule has 1 aromatic carbocycles. The van der Waals surface area contributed by atoms with Crippen LogP contribution >= 0.6 is 15.9 Å². The fourth-order valence-electron chi connectivity index (χ4n) is 1.44. The Morgan fingerprint density at radius 1 is 1.50 bits per heavy atom. The molecule has 0 radical (unpaired) electrons. The Hall–Kier alpha value is -0.830. The molecular weight excluding hydrogens is 266 g/mol. The fraction of sp³-hybridized carbons (Fsp3) is 0.462. The second-order valence-electron chi connectivity index (χ2n) is 4.16. The predicted octanol–water partition coefficient (Wildman–Crippen LogP) is 3.15. The lowest BCUT2D eigenvalue weighted by molar-refractivity contribution is 0.0948. The van der Waals surface area contributed by atoms with Crippen LogP contribution < -0.4 is 5.32 Å². The SMILES string of the molecule is Cc1cccc(C(=O)NCC(C)CCBr)c1. The molecule has 0 spiro atoms. The van der Waals surface area contributed by atoms with Crippen molar-refractivity contribution in [3.8, 4) is 0 Å². The number of amides is 1. The molecule has 1 atom stereocenters. The van der Waals surface area contributed by atoms with Gasteiger partial charge in [-0.1, -0.05) is 40.5 Å². The molecule has 1 aromatic rings. The fourth-order valence-corrected chi connectivity index (χ4v) is 2.23. The first kappa shape index (κ1) is 13.2.